The maximum absolute atomic E-state index is 12.6. The van der Waals surface area contributed by atoms with E-state index in [9.17, 15) is 19.8 Å². The van der Waals surface area contributed by atoms with Crippen LogP contribution in [0, 0.1) is 0 Å². The van der Waals surface area contributed by atoms with Crippen LogP contribution in [-0.4, -0.2) is 71.3 Å². The molecule has 11 nitrogen and oxygen atoms in total. The molecule has 1 fully saturated rings. The fourth-order valence-electron chi connectivity index (χ4n) is 3.75. The van der Waals surface area contributed by atoms with Crippen LogP contribution >= 0.6 is 0 Å². The number of hydrogen-bond acceptors (Lipinski definition) is 9. The summed E-state index contributed by atoms with van der Waals surface area (Å²) in [7, 11) is 0. The maximum Gasteiger partial charge on any atom is 0.261 e. The molecular weight excluding hydrogens is 380 g/mol. The predicted octanol–water partition coefficient (Wildman–Crippen LogP) is -0.676. The maximum atomic E-state index is 12.6. The first-order valence-electron chi connectivity index (χ1n) is 8.87. The number of benzene rings is 1. The van der Waals surface area contributed by atoms with Crippen molar-refractivity contribution in [2.75, 3.05) is 12.3 Å². The van der Waals surface area contributed by atoms with Crippen LogP contribution in [0.5, 0.6) is 0 Å². The topological polar surface area (TPSA) is 157 Å². The Kier molecular flexibility index (Phi) is 3.84. The van der Waals surface area contributed by atoms with Gasteiger partial charge in [-0.2, -0.15) is 0 Å². The van der Waals surface area contributed by atoms with Crippen LogP contribution in [0.1, 0.15) is 26.9 Å². The summed E-state index contributed by atoms with van der Waals surface area (Å²) in [4.78, 5) is 38.2. The van der Waals surface area contributed by atoms with Crippen LogP contribution in [0.15, 0.2) is 36.9 Å². The monoisotopic (exact) mass is 396 g/mol. The summed E-state index contributed by atoms with van der Waals surface area (Å²) in [5.74, 6) is -0.759. The molecular formula is C18H16N6O5. The molecule has 4 atom stereocenters. The summed E-state index contributed by atoms with van der Waals surface area (Å²) in [6.45, 7) is -0.204. The van der Waals surface area contributed by atoms with E-state index in [4.69, 9.17) is 10.5 Å². The van der Waals surface area contributed by atoms with E-state index in [0.29, 0.717) is 22.3 Å². The third-order valence-corrected chi connectivity index (χ3v) is 5.24. The fraction of sp³-hybridized carbons (Fsp3) is 0.278. The minimum absolute atomic E-state index is 0.171. The van der Waals surface area contributed by atoms with E-state index in [1.165, 1.54) is 17.2 Å². The molecule has 1 saturated heterocycles. The van der Waals surface area contributed by atoms with Gasteiger partial charge in [-0.3, -0.25) is 19.1 Å². The summed E-state index contributed by atoms with van der Waals surface area (Å²) in [5, 5.41) is 21.0. The van der Waals surface area contributed by atoms with E-state index in [2.05, 4.69) is 15.0 Å². The molecule has 11 heteroatoms. The van der Waals surface area contributed by atoms with Gasteiger partial charge in [-0.15, -0.1) is 0 Å². The molecule has 0 aliphatic carbocycles. The van der Waals surface area contributed by atoms with Gasteiger partial charge < -0.3 is 20.7 Å². The molecule has 1 aromatic carbocycles. The Morgan fingerprint density at radius 1 is 1.03 bits per heavy atom. The standard InChI is InChI=1S/C18H16N6O5/c19-14-11-15(21-6-20-14)24(7-22-11)18-13(26)12(25)10(29-18)5-23-16(27)8-3-1-2-4-9(8)17(23)28/h1-4,6-7,10,12-13,18,25-26H,5H2,(H2,19,20,21)/t10-,12?,13?,18-/m1/s1. The molecule has 148 valence electrons. The number of aliphatic hydroxyl groups excluding tert-OH is 2. The molecule has 29 heavy (non-hydrogen) atoms. The predicted molar refractivity (Wildman–Crippen MR) is 97.5 cm³/mol. The third-order valence-electron chi connectivity index (χ3n) is 5.24. The number of aromatic nitrogens is 4. The van der Waals surface area contributed by atoms with Crippen molar-refractivity contribution in [3.05, 3.63) is 48.0 Å². The number of carbonyl (C=O) groups excluding carboxylic acids is 2. The number of anilines is 1. The van der Waals surface area contributed by atoms with Crippen molar-refractivity contribution in [3.63, 3.8) is 0 Å². The molecule has 4 heterocycles. The van der Waals surface area contributed by atoms with E-state index in [1.54, 1.807) is 24.3 Å². The van der Waals surface area contributed by atoms with Gasteiger partial charge in [0.25, 0.3) is 11.8 Å². The highest BCUT2D eigenvalue weighted by atomic mass is 16.6. The number of imide groups is 1. The number of carbonyl (C=O) groups is 2. The SMILES string of the molecule is Nc1ncnc2c1ncn2[C@@H]1O[C@H](CN2C(=O)c3ccccc3C2=O)C(O)C1O. The number of amides is 2. The van der Waals surface area contributed by atoms with Gasteiger partial charge >= 0.3 is 0 Å². The van der Waals surface area contributed by atoms with Crippen LogP contribution in [-0.2, 0) is 4.74 Å². The fourth-order valence-corrected chi connectivity index (χ4v) is 3.75. The number of hydrogen-bond donors (Lipinski definition) is 3. The van der Waals surface area contributed by atoms with Crippen molar-refractivity contribution in [2.24, 2.45) is 0 Å². The van der Waals surface area contributed by atoms with Crippen molar-refractivity contribution in [3.8, 4) is 0 Å². The van der Waals surface area contributed by atoms with E-state index in [-0.39, 0.29) is 12.4 Å². The quantitative estimate of drug-likeness (QED) is 0.488. The van der Waals surface area contributed by atoms with Gasteiger partial charge in [0, 0.05) is 0 Å². The number of ether oxygens (including phenoxy) is 1. The van der Waals surface area contributed by atoms with Gasteiger partial charge in [-0.25, -0.2) is 15.0 Å². The average Bonchev–Trinajstić information content (AvgIpc) is 3.34. The summed E-state index contributed by atoms with van der Waals surface area (Å²) in [6, 6.07) is 6.49. The minimum Gasteiger partial charge on any atom is -0.387 e. The first-order valence-corrected chi connectivity index (χ1v) is 8.87. The van der Waals surface area contributed by atoms with E-state index >= 15 is 0 Å². The second-order valence-electron chi connectivity index (χ2n) is 6.90. The molecule has 2 aromatic heterocycles. The van der Waals surface area contributed by atoms with Crippen LogP contribution in [0.2, 0.25) is 0 Å². The Bertz CT molecular complexity index is 1110. The van der Waals surface area contributed by atoms with E-state index in [0.717, 1.165) is 4.90 Å². The lowest BCUT2D eigenvalue weighted by atomic mass is 10.1. The van der Waals surface area contributed by atoms with Gasteiger partial charge in [0.05, 0.1) is 24.0 Å². The van der Waals surface area contributed by atoms with Crippen LogP contribution in [0.25, 0.3) is 11.2 Å². The molecule has 5 rings (SSSR count). The highest BCUT2D eigenvalue weighted by molar-refractivity contribution is 6.21. The molecule has 0 radical (unpaired) electrons. The van der Waals surface area contributed by atoms with Gasteiger partial charge in [0.2, 0.25) is 0 Å². The minimum atomic E-state index is -1.33. The first kappa shape index (κ1) is 17.7. The molecule has 0 spiro atoms. The molecule has 0 bridgehead atoms. The Hall–Kier alpha value is -3.41. The van der Waals surface area contributed by atoms with Crippen molar-refractivity contribution in [1.82, 2.24) is 24.4 Å². The number of aliphatic hydroxyl groups is 2. The number of nitrogens with two attached hydrogens (primary N) is 1. The van der Waals surface area contributed by atoms with Crippen LogP contribution < -0.4 is 5.73 Å². The summed E-state index contributed by atoms with van der Waals surface area (Å²) < 4.78 is 7.25. The summed E-state index contributed by atoms with van der Waals surface area (Å²) in [5.41, 5.74) is 7.04. The Labute approximate surface area is 163 Å². The zero-order valence-electron chi connectivity index (χ0n) is 14.9. The van der Waals surface area contributed by atoms with E-state index in [1.807, 2.05) is 0 Å². The lowest BCUT2D eigenvalue weighted by molar-refractivity contribution is -0.0400. The number of fused-ring (bicyclic) bond motifs is 2. The molecule has 0 saturated carbocycles. The smallest absolute Gasteiger partial charge is 0.261 e. The van der Waals surface area contributed by atoms with Gasteiger partial charge in [0.15, 0.2) is 17.7 Å². The molecule has 2 amide bonds. The normalized spacial score (nSPS) is 26.5. The molecule has 3 aromatic rings. The molecule has 2 aliphatic rings. The summed E-state index contributed by atoms with van der Waals surface area (Å²) >= 11 is 0. The zero-order chi connectivity index (χ0) is 20.3. The highest BCUT2D eigenvalue weighted by Gasteiger charge is 2.47. The zero-order valence-corrected chi connectivity index (χ0v) is 14.9. The summed E-state index contributed by atoms with van der Waals surface area (Å²) in [6.07, 6.45) is -2.05. The van der Waals surface area contributed by atoms with Gasteiger partial charge in [-0.1, -0.05) is 12.1 Å². The Morgan fingerprint density at radius 3 is 2.41 bits per heavy atom. The lowest BCUT2D eigenvalue weighted by Gasteiger charge is -2.21. The largest absolute Gasteiger partial charge is 0.387 e. The van der Waals surface area contributed by atoms with Crippen LogP contribution in [0.3, 0.4) is 0 Å². The number of nitrogen functional groups attached to an aromatic ring is 1. The van der Waals surface area contributed by atoms with Gasteiger partial charge in [0.1, 0.15) is 30.2 Å². The number of nitrogens with zero attached hydrogens (tertiary/aromatic N) is 5. The lowest BCUT2D eigenvalue weighted by Crippen LogP contribution is -2.42. The van der Waals surface area contributed by atoms with Gasteiger partial charge in [-0.05, 0) is 12.1 Å². The Balaban J connectivity index is 1.41. The molecule has 2 unspecified atom stereocenters. The third kappa shape index (κ3) is 2.52. The van der Waals surface area contributed by atoms with Crippen LogP contribution in [0.4, 0.5) is 5.82 Å². The first-order chi connectivity index (χ1) is 14.0. The van der Waals surface area contributed by atoms with Crippen molar-refractivity contribution >= 4 is 28.8 Å². The van der Waals surface area contributed by atoms with Crippen molar-refractivity contribution in [1.29, 1.82) is 0 Å². The second kappa shape index (κ2) is 6.30. The highest BCUT2D eigenvalue weighted by Crippen LogP contribution is 2.33. The molecule has 4 N–H and O–H groups in total. The number of rotatable bonds is 3. The number of imidazole rings is 1. The van der Waals surface area contributed by atoms with E-state index < -0.39 is 36.4 Å². The van der Waals surface area contributed by atoms with Crippen molar-refractivity contribution < 1.29 is 24.5 Å². The second-order valence-corrected chi connectivity index (χ2v) is 6.90. The average molecular weight is 396 g/mol. The molecule has 2 aliphatic heterocycles. The Morgan fingerprint density at radius 2 is 1.72 bits per heavy atom. The van der Waals surface area contributed by atoms with Crippen molar-refractivity contribution in [2.45, 2.75) is 24.5 Å².